The van der Waals surface area contributed by atoms with Crippen LogP contribution in [0.15, 0.2) is 6.33 Å². The molecule has 0 bridgehead atoms. The third-order valence-corrected chi connectivity index (χ3v) is 3.80. The molecule has 0 amide bonds. The molecule has 1 aromatic heterocycles. The summed E-state index contributed by atoms with van der Waals surface area (Å²) < 4.78 is 5.82. The second kappa shape index (κ2) is 6.70. The molecule has 0 spiro atoms. The van der Waals surface area contributed by atoms with Crippen LogP contribution in [0.1, 0.15) is 38.2 Å². The van der Waals surface area contributed by atoms with Crippen molar-refractivity contribution in [3.63, 3.8) is 0 Å². The quantitative estimate of drug-likeness (QED) is 0.850. The van der Waals surface area contributed by atoms with Crippen molar-refractivity contribution >= 4 is 5.82 Å². The van der Waals surface area contributed by atoms with Crippen LogP contribution in [0.3, 0.4) is 0 Å². The van der Waals surface area contributed by atoms with Crippen LogP contribution in [-0.4, -0.2) is 41.1 Å². The number of hydrogen-bond donors (Lipinski definition) is 1. The van der Waals surface area contributed by atoms with Crippen LogP contribution in [0.25, 0.3) is 0 Å². The SMILES string of the molecule is CCCc1c(N)ncnc1OCCC1CCCN1C. The van der Waals surface area contributed by atoms with Gasteiger partial charge in [-0.3, -0.25) is 0 Å². The zero-order valence-electron chi connectivity index (χ0n) is 11.9. The monoisotopic (exact) mass is 264 g/mol. The fourth-order valence-corrected chi connectivity index (χ4v) is 2.65. The molecule has 5 heteroatoms. The molecule has 2 heterocycles. The van der Waals surface area contributed by atoms with Crippen molar-refractivity contribution in [3.05, 3.63) is 11.9 Å². The zero-order valence-corrected chi connectivity index (χ0v) is 11.9. The number of anilines is 1. The summed E-state index contributed by atoms with van der Waals surface area (Å²) in [4.78, 5) is 10.7. The molecular formula is C14H24N4O. The van der Waals surface area contributed by atoms with Gasteiger partial charge >= 0.3 is 0 Å². The standard InChI is InChI=1S/C14H24N4O/c1-3-5-12-13(15)16-10-17-14(12)19-9-7-11-6-4-8-18(11)2/h10-11H,3-9H2,1-2H3,(H2,15,16,17). The second-order valence-electron chi connectivity index (χ2n) is 5.21. The van der Waals surface area contributed by atoms with E-state index in [1.54, 1.807) is 0 Å². The van der Waals surface area contributed by atoms with Crippen LogP contribution in [0.2, 0.25) is 0 Å². The van der Waals surface area contributed by atoms with Gasteiger partial charge in [0, 0.05) is 6.04 Å². The molecule has 19 heavy (non-hydrogen) atoms. The van der Waals surface area contributed by atoms with Crippen LogP contribution in [0.4, 0.5) is 5.82 Å². The number of nitrogens with zero attached hydrogens (tertiary/aromatic N) is 3. The number of nitrogens with two attached hydrogens (primary N) is 1. The van der Waals surface area contributed by atoms with Crippen LogP contribution in [0.5, 0.6) is 5.88 Å². The van der Waals surface area contributed by atoms with Gasteiger partial charge < -0.3 is 15.4 Å². The highest BCUT2D eigenvalue weighted by Crippen LogP contribution is 2.22. The van der Waals surface area contributed by atoms with Gasteiger partial charge in [-0.05, 0) is 39.3 Å². The Labute approximate surface area is 115 Å². The van der Waals surface area contributed by atoms with E-state index in [-0.39, 0.29) is 0 Å². The van der Waals surface area contributed by atoms with Crippen LogP contribution >= 0.6 is 0 Å². The molecule has 0 saturated carbocycles. The van der Waals surface area contributed by atoms with Crippen molar-refractivity contribution in [1.82, 2.24) is 14.9 Å². The number of likely N-dealkylation sites (tertiary alicyclic amines) is 1. The van der Waals surface area contributed by atoms with Crippen molar-refractivity contribution < 1.29 is 4.74 Å². The highest BCUT2D eigenvalue weighted by Gasteiger charge is 2.20. The van der Waals surface area contributed by atoms with Crippen LogP contribution < -0.4 is 10.5 Å². The van der Waals surface area contributed by atoms with Crippen molar-refractivity contribution in [2.75, 3.05) is 25.9 Å². The number of ether oxygens (including phenoxy) is 1. The molecule has 1 aliphatic heterocycles. The summed E-state index contributed by atoms with van der Waals surface area (Å²) in [6.07, 6.45) is 6.97. The maximum absolute atomic E-state index is 5.88. The maximum Gasteiger partial charge on any atom is 0.221 e. The molecule has 1 unspecified atom stereocenters. The van der Waals surface area contributed by atoms with Gasteiger partial charge in [0.15, 0.2) is 0 Å². The summed E-state index contributed by atoms with van der Waals surface area (Å²) in [7, 11) is 2.18. The van der Waals surface area contributed by atoms with E-state index < -0.39 is 0 Å². The first-order valence-electron chi connectivity index (χ1n) is 7.14. The minimum absolute atomic E-state index is 0.546. The predicted octanol–water partition coefficient (Wildman–Crippen LogP) is 1.87. The molecule has 1 atom stereocenters. The number of rotatable bonds is 6. The maximum atomic E-state index is 5.88. The lowest BCUT2D eigenvalue weighted by Gasteiger charge is -2.19. The van der Waals surface area contributed by atoms with Crippen molar-refractivity contribution in [1.29, 1.82) is 0 Å². The Hall–Kier alpha value is -1.36. The van der Waals surface area contributed by atoms with Crippen molar-refractivity contribution in [3.8, 4) is 5.88 Å². The molecule has 0 aliphatic carbocycles. The van der Waals surface area contributed by atoms with Gasteiger partial charge in [0.25, 0.3) is 0 Å². The summed E-state index contributed by atoms with van der Waals surface area (Å²) in [6.45, 7) is 4.01. The second-order valence-corrected chi connectivity index (χ2v) is 5.21. The molecule has 1 aliphatic rings. The largest absolute Gasteiger partial charge is 0.477 e. The first kappa shape index (κ1) is 14.1. The van der Waals surface area contributed by atoms with Gasteiger partial charge in [-0.2, -0.15) is 0 Å². The average molecular weight is 264 g/mol. The van der Waals surface area contributed by atoms with Gasteiger partial charge in [-0.25, -0.2) is 9.97 Å². The average Bonchev–Trinajstić information content (AvgIpc) is 2.79. The summed E-state index contributed by atoms with van der Waals surface area (Å²) in [5.41, 5.74) is 6.83. The van der Waals surface area contributed by atoms with Gasteiger partial charge in [0.2, 0.25) is 5.88 Å². The lowest BCUT2D eigenvalue weighted by Crippen LogP contribution is -2.26. The fraction of sp³-hybridized carbons (Fsp3) is 0.714. The Morgan fingerprint density at radius 2 is 2.32 bits per heavy atom. The molecule has 1 aromatic rings. The van der Waals surface area contributed by atoms with E-state index in [2.05, 4.69) is 28.8 Å². The normalized spacial score (nSPS) is 19.8. The van der Waals surface area contributed by atoms with E-state index >= 15 is 0 Å². The summed E-state index contributed by atoms with van der Waals surface area (Å²) in [5, 5.41) is 0. The Morgan fingerprint density at radius 3 is 3.00 bits per heavy atom. The van der Waals surface area contributed by atoms with Crippen molar-refractivity contribution in [2.24, 2.45) is 0 Å². The predicted molar refractivity (Wildman–Crippen MR) is 76.2 cm³/mol. The van der Waals surface area contributed by atoms with Gasteiger partial charge in [0.1, 0.15) is 12.1 Å². The fourth-order valence-electron chi connectivity index (χ4n) is 2.65. The van der Waals surface area contributed by atoms with Crippen molar-refractivity contribution in [2.45, 2.75) is 45.1 Å². The van der Waals surface area contributed by atoms with Crippen LogP contribution in [-0.2, 0) is 6.42 Å². The zero-order chi connectivity index (χ0) is 13.7. The number of hydrogen-bond acceptors (Lipinski definition) is 5. The first-order chi connectivity index (χ1) is 9.22. The number of nitrogen functional groups attached to an aromatic ring is 1. The molecule has 0 aromatic carbocycles. The minimum atomic E-state index is 0.546. The van der Waals surface area contributed by atoms with Crippen LogP contribution in [0, 0.1) is 0 Å². The molecule has 0 radical (unpaired) electrons. The van der Waals surface area contributed by atoms with Gasteiger partial charge in [-0.15, -0.1) is 0 Å². The third kappa shape index (κ3) is 3.56. The Bertz CT molecular complexity index is 410. The third-order valence-electron chi connectivity index (χ3n) is 3.80. The lowest BCUT2D eigenvalue weighted by atomic mass is 10.1. The van der Waals surface area contributed by atoms with E-state index in [9.17, 15) is 0 Å². The molecule has 106 valence electrons. The lowest BCUT2D eigenvalue weighted by molar-refractivity contribution is 0.227. The highest BCUT2D eigenvalue weighted by molar-refractivity contribution is 5.44. The summed E-state index contributed by atoms with van der Waals surface area (Å²) in [6, 6.07) is 0.647. The van der Waals surface area contributed by atoms with E-state index in [0.29, 0.717) is 24.3 Å². The summed E-state index contributed by atoms with van der Waals surface area (Å²) in [5.74, 6) is 1.21. The smallest absolute Gasteiger partial charge is 0.221 e. The molecule has 1 fully saturated rings. The van der Waals surface area contributed by atoms with E-state index in [1.165, 1.54) is 25.7 Å². The minimum Gasteiger partial charge on any atom is -0.477 e. The van der Waals surface area contributed by atoms with Gasteiger partial charge in [-0.1, -0.05) is 13.3 Å². The summed E-state index contributed by atoms with van der Waals surface area (Å²) >= 11 is 0. The van der Waals surface area contributed by atoms with E-state index in [0.717, 1.165) is 24.8 Å². The van der Waals surface area contributed by atoms with Gasteiger partial charge in [0.05, 0.1) is 12.2 Å². The highest BCUT2D eigenvalue weighted by atomic mass is 16.5. The molecule has 5 nitrogen and oxygen atoms in total. The Morgan fingerprint density at radius 1 is 1.47 bits per heavy atom. The molecule has 1 saturated heterocycles. The molecular weight excluding hydrogens is 240 g/mol. The Kier molecular flexibility index (Phi) is 4.96. The van der Waals surface area contributed by atoms with E-state index in [4.69, 9.17) is 10.5 Å². The van der Waals surface area contributed by atoms with E-state index in [1.807, 2.05) is 0 Å². The first-order valence-corrected chi connectivity index (χ1v) is 7.14. The Balaban J connectivity index is 1.90. The molecule has 2 N–H and O–H groups in total. The topological polar surface area (TPSA) is 64.3 Å². The number of aromatic nitrogens is 2. The molecule has 2 rings (SSSR count).